The molecule has 3 aromatic rings. The topological polar surface area (TPSA) is 76.6 Å². The highest BCUT2D eigenvalue weighted by molar-refractivity contribution is 7.12. The highest BCUT2D eigenvalue weighted by Crippen LogP contribution is 2.16. The Balaban J connectivity index is 1.65. The van der Waals surface area contributed by atoms with Gasteiger partial charge in [0.1, 0.15) is 11.8 Å². The van der Waals surface area contributed by atoms with Gasteiger partial charge in [0.25, 0.3) is 0 Å². The summed E-state index contributed by atoms with van der Waals surface area (Å²) >= 11 is 1.46. The van der Waals surface area contributed by atoms with Crippen LogP contribution in [-0.2, 0) is 6.42 Å². The summed E-state index contributed by atoms with van der Waals surface area (Å²) in [6.07, 6.45) is 3.13. The molecule has 7 heteroatoms. The van der Waals surface area contributed by atoms with Crippen LogP contribution < -0.4 is 4.74 Å². The first-order valence-corrected chi connectivity index (χ1v) is 7.69. The van der Waals surface area contributed by atoms with E-state index in [0.29, 0.717) is 23.9 Å². The number of hydrogen-bond donors (Lipinski definition) is 0. The lowest BCUT2D eigenvalue weighted by atomic mass is 10.2. The second-order valence-electron chi connectivity index (χ2n) is 4.49. The maximum absolute atomic E-state index is 9.15. The van der Waals surface area contributed by atoms with Gasteiger partial charge in [-0.05, 0) is 25.0 Å². The molecule has 0 bridgehead atoms. The molecule has 110 valence electrons. The van der Waals surface area contributed by atoms with E-state index in [2.05, 4.69) is 21.4 Å². The average molecular weight is 311 g/mol. The smallest absolute Gasteiger partial charge is 0.211 e. The number of hydrogen-bond acceptors (Lipinski definition) is 6. The van der Waals surface area contributed by atoms with Crippen LogP contribution >= 0.6 is 11.3 Å². The highest BCUT2D eigenvalue weighted by atomic mass is 32.1. The molecule has 0 radical (unpaired) electrons. The molecule has 0 unspecified atom stereocenters. The van der Waals surface area contributed by atoms with E-state index in [-0.39, 0.29) is 0 Å². The standard InChI is InChI=1S/C15H13N5OS/c16-11-13-14(20(19-18-13)15-17-8-10-22-15)7-4-9-21-12-5-2-1-3-6-12/h1-3,5-6,8,10H,4,7,9H2. The number of para-hydroxylation sites is 1. The molecule has 1 aromatic carbocycles. The number of nitrogens with zero attached hydrogens (tertiary/aromatic N) is 5. The van der Waals surface area contributed by atoms with Gasteiger partial charge < -0.3 is 4.74 Å². The fourth-order valence-electron chi connectivity index (χ4n) is 2.03. The Morgan fingerprint density at radius 2 is 2.14 bits per heavy atom. The Bertz CT molecular complexity index is 761. The Labute approximate surface area is 131 Å². The molecule has 0 spiro atoms. The van der Waals surface area contributed by atoms with Crippen molar-refractivity contribution < 1.29 is 4.74 Å². The van der Waals surface area contributed by atoms with Gasteiger partial charge in [-0.1, -0.05) is 23.4 Å². The van der Waals surface area contributed by atoms with Crippen molar-refractivity contribution in [3.63, 3.8) is 0 Å². The van der Waals surface area contributed by atoms with Gasteiger partial charge in [-0.15, -0.1) is 16.4 Å². The first-order valence-electron chi connectivity index (χ1n) is 6.81. The normalized spacial score (nSPS) is 10.3. The zero-order valence-corrected chi connectivity index (χ0v) is 12.5. The van der Waals surface area contributed by atoms with E-state index < -0.39 is 0 Å². The Kier molecular flexibility index (Phi) is 4.41. The molecule has 6 nitrogen and oxygen atoms in total. The molecular formula is C15H13N5OS. The van der Waals surface area contributed by atoms with Gasteiger partial charge in [0.2, 0.25) is 5.13 Å². The van der Waals surface area contributed by atoms with Crippen LogP contribution in [0.3, 0.4) is 0 Å². The molecule has 2 heterocycles. The minimum atomic E-state index is 0.343. The predicted molar refractivity (Wildman–Crippen MR) is 82.0 cm³/mol. The lowest BCUT2D eigenvalue weighted by molar-refractivity contribution is 0.310. The quantitative estimate of drug-likeness (QED) is 0.654. The van der Waals surface area contributed by atoms with Crippen LogP contribution in [-0.4, -0.2) is 26.6 Å². The maximum atomic E-state index is 9.15. The number of thiazole rings is 1. The Hall–Kier alpha value is -2.72. The van der Waals surface area contributed by atoms with E-state index in [1.165, 1.54) is 11.3 Å². The lowest BCUT2D eigenvalue weighted by Gasteiger charge is -2.06. The van der Waals surface area contributed by atoms with Gasteiger partial charge in [0.05, 0.1) is 12.3 Å². The van der Waals surface area contributed by atoms with Gasteiger partial charge in [0, 0.05) is 11.6 Å². The summed E-state index contributed by atoms with van der Waals surface area (Å²) in [5.41, 5.74) is 1.11. The molecule has 0 saturated carbocycles. The third-order valence-corrected chi connectivity index (χ3v) is 3.79. The summed E-state index contributed by atoms with van der Waals surface area (Å²) in [7, 11) is 0. The van der Waals surface area contributed by atoms with Crippen LogP contribution in [0, 0.1) is 11.3 Å². The molecule has 0 atom stereocenters. The molecule has 3 rings (SSSR count). The van der Waals surface area contributed by atoms with E-state index in [0.717, 1.165) is 17.9 Å². The molecule has 0 N–H and O–H groups in total. The number of aromatic nitrogens is 4. The van der Waals surface area contributed by atoms with Crippen LogP contribution in [0.1, 0.15) is 17.8 Å². The van der Waals surface area contributed by atoms with Crippen LogP contribution in [0.25, 0.3) is 5.13 Å². The van der Waals surface area contributed by atoms with E-state index in [9.17, 15) is 0 Å². The monoisotopic (exact) mass is 311 g/mol. The second kappa shape index (κ2) is 6.83. The highest BCUT2D eigenvalue weighted by Gasteiger charge is 2.15. The minimum absolute atomic E-state index is 0.343. The molecule has 0 aliphatic rings. The predicted octanol–water partition coefficient (Wildman–Crippen LogP) is 2.61. The van der Waals surface area contributed by atoms with Crippen molar-refractivity contribution in [2.45, 2.75) is 12.8 Å². The zero-order chi connectivity index (χ0) is 15.2. The Morgan fingerprint density at radius 1 is 1.27 bits per heavy atom. The van der Waals surface area contributed by atoms with E-state index in [4.69, 9.17) is 10.00 Å². The zero-order valence-electron chi connectivity index (χ0n) is 11.7. The number of nitriles is 1. The van der Waals surface area contributed by atoms with Crippen LogP contribution in [0.2, 0.25) is 0 Å². The maximum Gasteiger partial charge on any atom is 0.211 e. The van der Waals surface area contributed by atoms with Crippen LogP contribution in [0.4, 0.5) is 0 Å². The van der Waals surface area contributed by atoms with Crippen molar-refractivity contribution in [1.82, 2.24) is 20.0 Å². The largest absolute Gasteiger partial charge is 0.494 e. The van der Waals surface area contributed by atoms with Gasteiger partial charge in [0.15, 0.2) is 5.69 Å². The SMILES string of the molecule is N#Cc1nnn(-c2nccs2)c1CCCOc1ccccc1. The van der Waals surface area contributed by atoms with Gasteiger partial charge in [-0.25, -0.2) is 4.98 Å². The fourth-order valence-corrected chi connectivity index (χ4v) is 2.64. The molecular weight excluding hydrogens is 298 g/mol. The van der Waals surface area contributed by atoms with E-state index in [1.54, 1.807) is 10.9 Å². The number of benzene rings is 1. The summed E-state index contributed by atoms with van der Waals surface area (Å²) in [5, 5.41) is 19.7. The number of ether oxygens (including phenoxy) is 1. The minimum Gasteiger partial charge on any atom is -0.494 e. The van der Waals surface area contributed by atoms with Crippen molar-refractivity contribution in [2.75, 3.05) is 6.61 Å². The fraction of sp³-hybridized carbons (Fsp3) is 0.200. The van der Waals surface area contributed by atoms with Gasteiger partial charge in [-0.2, -0.15) is 9.94 Å². The summed E-state index contributed by atoms with van der Waals surface area (Å²) in [5.74, 6) is 0.842. The molecule has 2 aromatic heterocycles. The van der Waals surface area contributed by atoms with Crippen molar-refractivity contribution in [1.29, 1.82) is 5.26 Å². The van der Waals surface area contributed by atoms with Crippen LogP contribution in [0.15, 0.2) is 41.9 Å². The van der Waals surface area contributed by atoms with Crippen LogP contribution in [0.5, 0.6) is 5.75 Å². The van der Waals surface area contributed by atoms with Crippen molar-refractivity contribution in [2.24, 2.45) is 0 Å². The molecule has 0 saturated heterocycles. The summed E-state index contributed by atoms with van der Waals surface area (Å²) < 4.78 is 7.29. The van der Waals surface area contributed by atoms with Crippen molar-refractivity contribution in [3.8, 4) is 17.0 Å². The van der Waals surface area contributed by atoms with Gasteiger partial charge in [-0.3, -0.25) is 0 Å². The Morgan fingerprint density at radius 3 is 2.86 bits per heavy atom. The third-order valence-electron chi connectivity index (χ3n) is 3.04. The van der Waals surface area contributed by atoms with Gasteiger partial charge >= 0.3 is 0 Å². The van der Waals surface area contributed by atoms with Crippen molar-refractivity contribution in [3.05, 3.63) is 53.3 Å². The summed E-state index contributed by atoms with van der Waals surface area (Å²) in [6.45, 7) is 0.567. The average Bonchev–Trinajstić information content (AvgIpc) is 3.21. The molecule has 0 aliphatic carbocycles. The lowest BCUT2D eigenvalue weighted by Crippen LogP contribution is -2.06. The first kappa shape index (κ1) is 14.2. The first-order chi connectivity index (χ1) is 10.9. The van der Waals surface area contributed by atoms with E-state index in [1.807, 2.05) is 35.7 Å². The van der Waals surface area contributed by atoms with E-state index >= 15 is 0 Å². The molecule has 0 amide bonds. The molecule has 22 heavy (non-hydrogen) atoms. The van der Waals surface area contributed by atoms with Crippen molar-refractivity contribution >= 4 is 11.3 Å². The summed E-state index contributed by atoms with van der Waals surface area (Å²) in [6, 6.07) is 11.7. The molecule has 0 aliphatic heterocycles. The second-order valence-corrected chi connectivity index (χ2v) is 5.36. The summed E-state index contributed by atoms with van der Waals surface area (Å²) in [4.78, 5) is 4.21. The molecule has 0 fully saturated rings. The third kappa shape index (κ3) is 3.13. The number of rotatable bonds is 6.